The van der Waals surface area contributed by atoms with Gasteiger partial charge in [-0.1, -0.05) is 23.2 Å². The van der Waals surface area contributed by atoms with Crippen LogP contribution >= 0.6 is 46.9 Å². The van der Waals surface area contributed by atoms with Crippen molar-refractivity contribution in [3.8, 4) is 0 Å². The van der Waals surface area contributed by atoms with Crippen LogP contribution in [0.1, 0.15) is 25.3 Å². The van der Waals surface area contributed by atoms with Crippen molar-refractivity contribution in [1.82, 2.24) is 10.2 Å². The van der Waals surface area contributed by atoms with Gasteiger partial charge in [-0.3, -0.25) is 4.79 Å². The van der Waals surface area contributed by atoms with Gasteiger partial charge in [-0.15, -0.1) is 23.7 Å². The highest BCUT2D eigenvalue weighted by Crippen LogP contribution is 2.32. The molecule has 0 saturated carbocycles. The Morgan fingerprint density at radius 2 is 2.30 bits per heavy atom. The fraction of sp³-hybridized carbons (Fsp3) is 0.615. The number of halogens is 3. The zero-order valence-corrected chi connectivity index (χ0v) is 14.5. The molecule has 7 heteroatoms. The number of nitrogens with zero attached hydrogens (tertiary/aromatic N) is 1. The van der Waals surface area contributed by atoms with Gasteiger partial charge >= 0.3 is 0 Å². The molecule has 1 N–H and O–H groups in total. The SMILES string of the molecule is CC1CNCCN1C(=O)CCCc1cc(Cl)sc1Cl.Cl. The van der Waals surface area contributed by atoms with Crippen LogP contribution in [0.5, 0.6) is 0 Å². The molecule has 0 aliphatic carbocycles. The fourth-order valence-electron chi connectivity index (χ4n) is 2.33. The molecule has 1 aliphatic rings. The first-order chi connectivity index (χ1) is 9.08. The van der Waals surface area contributed by atoms with E-state index in [9.17, 15) is 4.79 Å². The normalized spacial score (nSPS) is 18.8. The molecule has 1 aliphatic heterocycles. The highest BCUT2D eigenvalue weighted by atomic mass is 35.5. The van der Waals surface area contributed by atoms with Crippen LogP contribution in [0.15, 0.2) is 6.07 Å². The minimum atomic E-state index is 0. The third-order valence-electron chi connectivity index (χ3n) is 3.39. The lowest BCUT2D eigenvalue weighted by Crippen LogP contribution is -2.52. The topological polar surface area (TPSA) is 32.3 Å². The van der Waals surface area contributed by atoms with Gasteiger partial charge < -0.3 is 10.2 Å². The molecule has 2 rings (SSSR count). The first-order valence-electron chi connectivity index (χ1n) is 6.52. The van der Waals surface area contributed by atoms with Gasteiger partial charge in [0.15, 0.2) is 0 Å². The van der Waals surface area contributed by atoms with Crippen LogP contribution in [-0.2, 0) is 11.2 Å². The molecule has 1 fully saturated rings. The maximum Gasteiger partial charge on any atom is 0.222 e. The van der Waals surface area contributed by atoms with Crippen molar-refractivity contribution < 1.29 is 4.79 Å². The summed E-state index contributed by atoms with van der Waals surface area (Å²) in [7, 11) is 0. The first kappa shape index (κ1) is 18.1. The lowest BCUT2D eigenvalue weighted by atomic mass is 10.1. The summed E-state index contributed by atoms with van der Waals surface area (Å²) in [4.78, 5) is 14.1. The van der Waals surface area contributed by atoms with Crippen LogP contribution in [0.25, 0.3) is 0 Å². The molecule has 3 nitrogen and oxygen atoms in total. The number of rotatable bonds is 4. The maximum absolute atomic E-state index is 12.1. The first-order valence-corrected chi connectivity index (χ1v) is 8.09. The third-order valence-corrected chi connectivity index (χ3v) is 4.95. The van der Waals surface area contributed by atoms with E-state index >= 15 is 0 Å². The van der Waals surface area contributed by atoms with Gasteiger partial charge in [0, 0.05) is 32.1 Å². The van der Waals surface area contributed by atoms with E-state index in [1.165, 1.54) is 11.3 Å². The predicted molar refractivity (Wildman–Crippen MR) is 88.6 cm³/mol. The Hall–Kier alpha value is -0.000000000000000222. The van der Waals surface area contributed by atoms with Gasteiger partial charge in [0.25, 0.3) is 0 Å². The number of piperazine rings is 1. The Labute approximate surface area is 140 Å². The van der Waals surface area contributed by atoms with Gasteiger partial charge in [-0.25, -0.2) is 0 Å². The second-order valence-corrected chi connectivity index (χ2v) is 7.13. The van der Waals surface area contributed by atoms with Gasteiger partial charge in [-0.05, 0) is 31.4 Å². The average molecular weight is 358 g/mol. The number of nitrogens with one attached hydrogen (secondary N) is 1. The average Bonchev–Trinajstić information content (AvgIpc) is 2.68. The smallest absolute Gasteiger partial charge is 0.222 e. The van der Waals surface area contributed by atoms with Crippen molar-refractivity contribution in [2.24, 2.45) is 0 Å². The largest absolute Gasteiger partial charge is 0.337 e. The van der Waals surface area contributed by atoms with Crippen LogP contribution in [0, 0.1) is 0 Å². The molecule has 0 radical (unpaired) electrons. The molecule has 1 saturated heterocycles. The van der Waals surface area contributed by atoms with Crippen LogP contribution in [0.4, 0.5) is 0 Å². The third kappa shape index (κ3) is 4.78. The zero-order chi connectivity index (χ0) is 13.8. The number of aryl methyl sites for hydroxylation is 1. The molecule has 0 spiro atoms. The Balaban J connectivity index is 0.00000200. The molecule has 1 amide bonds. The molecule has 0 bridgehead atoms. The Morgan fingerprint density at radius 1 is 1.55 bits per heavy atom. The van der Waals surface area contributed by atoms with E-state index in [0.717, 1.165) is 42.4 Å². The van der Waals surface area contributed by atoms with Gasteiger partial charge in [-0.2, -0.15) is 0 Å². The maximum atomic E-state index is 12.1. The molecule has 1 aromatic rings. The van der Waals surface area contributed by atoms with E-state index in [1.54, 1.807) is 0 Å². The van der Waals surface area contributed by atoms with E-state index in [4.69, 9.17) is 23.2 Å². The number of thiophene rings is 1. The zero-order valence-electron chi connectivity index (χ0n) is 11.3. The molecular formula is C13H19Cl3N2OS. The molecule has 1 aromatic heterocycles. The van der Waals surface area contributed by atoms with E-state index < -0.39 is 0 Å². The molecule has 1 unspecified atom stereocenters. The van der Waals surface area contributed by atoms with Crippen molar-refractivity contribution in [3.63, 3.8) is 0 Å². The van der Waals surface area contributed by atoms with Crippen LogP contribution in [0.2, 0.25) is 8.67 Å². The minimum absolute atomic E-state index is 0. The summed E-state index contributed by atoms with van der Waals surface area (Å²) in [5.41, 5.74) is 1.05. The summed E-state index contributed by atoms with van der Waals surface area (Å²) >= 11 is 13.3. The summed E-state index contributed by atoms with van der Waals surface area (Å²) in [6.45, 7) is 4.67. The van der Waals surface area contributed by atoms with Crippen molar-refractivity contribution in [1.29, 1.82) is 0 Å². The summed E-state index contributed by atoms with van der Waals surface area (Å²) in [6, 6.07) is 2.19. The van der Waals surface area contributed by atoms with E-state index in [0.29, 0.717) is 16.8 Å². The quantitative estimate of drug-likeness (QED) is 0.892. The predicted octanol–water partition coefficient (Wildman–Crippen LogP) is 3.62. The second-order valence-electron chi connectivity index (χ2n) is 4.84. The lowest BCUT2D eigenvalue weighted by Gasteiger charge is -2.34. The summed E-state index contributed by atoms with van der Waals surface area (Å²) in [6.07, 6.45) is 2.21. The summed E-state index contributed by atoms with van der Waals surface area (Å²) in [5.74, 6) is 0.242. The van der Waals surface area contributed by atoms with E-state index in [2.05, 4.69) is 12.2 Å². The molecule has 2 heterocycles. The van der Waals surface area contributed by atoms with E-state index in [-0.39, 0.29) is 18.3 Å². The Kier molecular flexibility index (Phi) is 7.62. The van der Waals surface area contributed by atoms with E-state index in [1.807, 2.05) is 11.0 Å². The van der Waals surface area contributed by atoms with Gasteiger partial charge in [0.05, 0.1) is 8.67 Å². The van der Waals surface area contributed by atoms with Crippen molar-refractivity contribution in [3.05, 3.63) is 20.3 Å². The standard InChI is InChI=1S/C13H18Cl2N2OS.ClH/c1-9-8-16-5-6-17(9)12(18)4-2-3-10-7-11(14)19-13(10)15;/h7,9,16H,2-6,8H2,1H3;1H. The lowest BCUT2D eigenvalue weighted by molar-refractivity contribution is -0.134. The highest BCUT2D eigenvalue weighted by Gasteiger charge is 2.22. The number of amides is 1. The minimum Gasteiger partial charge on any atom is -0.337 e. The summed E-state index contributed by atoms with van der Waals surface area (Å²) in [5, 5.41) is 3.29. The monoisotopic (exact) mass is 356 g/mol. The van der Waals surface area contributed by atoms with Gasteiger partial charge in [0.2, 0.25) is 5.91 Å². The Bertz CT molecular complexity index is 453. The molecule has 20 heavy (non-hydrogen) atoms. The number of carbonyl (C=O) groups excluding carboxylic acids is 1. The fourth-order valence-corrected chi connectivity index (χ4v) is 3.87. The molecular weight excluding hydrogens is 339 g/mol. The number of hydrogen-bond acceptors (Lipinski definition) is 3. The van der Waals surface area contributed by atoms with Crippen molar-refractivity contribution >= 4 is 52.9 Å². The highest BCUT2D eigenvalue weighted by molar-refractivity contribution is 7.20. The Morgan fingerprint density at radius 3 is 2.90 bits per heavy atom. The van der Waals surface area contributed by atoms with Crippen LogP contribution in [-0.4, -0.2) is 36.5 Å². The van der Waals surface area contributed by atoms with Gasteiger partial charge in [0.1, 0.15) is 0 Å². The second kappa shape index (κ2) is 8.44. The summed E-state index contributed by atoms with van der Waals surface area (Å²) < 4.78 is 1.45. The molecule has 114 valence electrons. The molecule has 0 aromatic carbocycles. The van der Waals surface area contributed by atoms with Crippen LogP contribution in [0.3, 0.4) is 0 Å². The molecule has 1 atom stereocenters. The number of hydrogen-bond donors (Lipinski definition) is 1. The van der Waals surface area contributed by atoms with Crippen molar-refractivity contribution in [2.75, 3.05) is 19.6 Å². The van der Waals surface area contributed by atoms with Crippen LogP contribution < -0.4 is 5.32 Å². The number of carbonyl (C=O) groups is 1. The van der Waals surface area contributed by atoms with Crippen molar-refractivity contribution in [2.45, 2.75) is 32.2 Å².